The van der Waals surface area contributed by atoms with Crippen LogP contribution in [-0.4, -0.2) is 22.4 Å². The van der Waals surface area contributed by atoms with Gasteiger partial charge in [-0.25, -0.2) is 9.69 Å². The number of para-hydroxylation sites is 1. The molecule has 35 heavy (non-hydrogen) atoms. The summed E-state index contributed by atoms with van der Waals surface area (Å²) in [5.41, 5.74) is 3.42. The summed E-state index contributed by atoms with van der Waals surface area (Å²) < 4.78 is 2.04. The first-order valence-corrected chi connectivity index (χ1v) is 11.6. The Balaban J connectivity index is 1.58. The third kappa shape index (κ3) is 4.22. The SMILES string of the molecule is Cc1c(Cl)cccc1N1C(=O)NC(=O)/C(=C\c2cn(Cc3ccc(Cl)cc3)c3ccccc23)C1=O. The smallest absolute Gasteiger partial charge is 0.335 e. The summed E-state index contributed by atoms with van der Waals surface area (Å²) in [5.74, 6) is -1.45. The standard InChI is InChI=1S/C27H19Cl2N3O3/c1-16-22(29)6-4-8-23(16)32-26(34)21(25(33)30-27(32)35)13-18-15-31(24-7-3-2-5-20(18)24)14-17-9-11-19(28)12-10-17/h2-13,15H,14H2,1H3,(H,30,33,35)/b21-13+. The fourth-order valence-electron chi connectivity index (χ4n) is 4.18. The minimum Gasteiger partial charge on any atom is -0.342 e. The molecule has 0 unspecified atom stereocenters. The van der Waals surface area contributed by atoms with Gasteiger partial charge < -0.3 is 4.57 Å². The van der Waals surface area contributed by atoms with Crippen molar-refractivity contribution in [2.24, 2.45) is 0 Å². The highest BCUT2D eigenvalue weighted by molar-refractivity contribution is 6.40. The Morgan fingerprint density at radius 1 is 0.914 bits per heavy atom. The van der Waals surface area contributed by atoms with Crippen LogP contribution in [0.3, 0.4) is 0 Å². The minimum atomic E-state index is -0.812. The van der Waals surface area contributed by atoms with E-state index in [4.69, 9.17) is 23.2 Å². The molecule has 4 aromatic rings. The maximum atomic E-state index is 13.4. The van der Waals surface area contributed by atoms with Crippen LogP contribution in [0, 0.1) is 6.92 Å². The third-order valence-electron chi connectivity index (χ3n) is 5.97. The lowest BCUT2D eigenvalue weighted by molar-refractivity contribution is -0.122. The molecule has 4 amide bonds. The number of anilines is 1. The van der Waals surface area contributed by atoms with E-state index in [2.05, 4.69) is 5.32 Å². The second kappa shape index (κ2) is 9.06. The number of aromatic nitrogens is 1. The molecule has 1 aliphatic rings. The molecular weight excluding hydrogens is 485 g/mol. The van der Waals surface area contributed by atoms with Gasteiger partial charge in [-0.1, -0.05) is 59.6 Å². The van der Waals surface area contributed by atoms with Crippen molar-refractivity contribution in [3.8, 4) is 0 Å². The van der Waals surface area contributed by atoms with Crippen molar-refractivity contribution >= 4 is 63.7 Å². The molecule has 1 aromatic heterocycles. The van der Waals surface area contributed by atoms with Gasteiger partial charge in [0.05, 0.1) is 5.69 Å². The molecule has 1 aliphatic heterocycles. The zero-order chi connectivity index (χ0) is 24.7. The first-order valence-electron chi connectivity index (χ1n) is 10.8. The van der Waals surface area contributed by atoms with Crippen molar-refractivity contribution in [3.63, 3.8) is 0 Å². The lowest BCUT2D eigenvalue weighted by Crippen LogP contribution is -2.54. The topological polar surface area (TPSA) is 71.4 Å². The second-order valence-corrected chi connectivity index (χ2v) is 9.04. The predicted octanol–water partition coefficient (Wildman–Crippen LogP) is 5.97. The molecule has 174 valence electrons. The predicted molar refractivity (Wildman–Crippen MR) is 138 cm³/mol. The Labute approximate surface area is 211 Å². The fraction of sp³-hybridized carbons (Fsp3) is 0.0741. The van der Waals surface area contributed by atoms with Crippen molar-refractivity contribution in [1.82, 2.24) is 9.88 Å². The first kappa shape index (κ1) is 22.9. The maximum Gasteiger partial charge on any atom is 0.335 e. The van der Waals surface area contributed by atoms with E-state index in [-0.39, 0.29) is 5.57 Å². The molecule has 2 heterocycles. The van der Waals surface area contributed by atoms with Crippen LogP contribution in [0.25, 0.3) is 17.0 Å². The molecule has 3 aromatic carbocycles. The van der Waals surface area contributed by atoms with E-state index in [1.54, 1.807) is 25.1 Å². The molecule has 0 saturated carbocycles. The Morgan fingerprint density at radius 2 is 1.66 bits per heavy atom. The van der Waals surface area contributed by atoms with Crippen LogP contribution in [0.2, 0.25) is 10.0 Å². The highest BCUT2D eigenvalue weighted by Gasteiger charge is 2.37. The Morgan fingerprint density at radius 3 is 2.43 bits per heavy atom. The number of carbonyl (C=O) groups excluding carboxylic acids is 3. The van der Waals surface area contributed by atoms with E-state index >= 15 is 0 Å². The molecule has 0 bridgehead atoms. The van der Waals surface area contributed by atoms with Crippen molar-refractivity contribution in [2.45, 2.75) is 13.5 Å². The molecule has 1 N–H and O–H groups in total. The van der Waals surface area contributed by atoms with Crippen LogP contribution in [-0.2, 0) is 16.1 Å². The lowest BCUT2D eigenvalue weighted by Gasteiger charge is -2.27. The number of urea groups is 1. The molecule has 0 aliphatic carbocycles. The molecule has 1 fully saturated rings. The number of hydrogen-bond donors (Lipinski definition) is 1. The fourth-order valence-corrected chi connectivity index (χ4v) is 4.47. The van der Waals surface area contributed by atoms with Crippen LogP contribution < -0.4 is 10.2 Å². The van der Waals surface area contributed by atoms with Gasteiger partial charge in [0.1, 0.15) is 5.57 Å². The number of benzene rings is 3. The number of nitrogens with zero attached hydrogens (tertiary/aromatic N) is 2. The Kier molecular flexibility index (Phi) is 5.93. The van der Waals surface area contributed by atoms with Gasteiger partial charge in [-0.2, -0.15) is 0 Å². The van der Waals surface area contributed by atoms with Gasteiger partial charge in [0.25, 0.3) is 11.8 Å². The summed E-state index contributed by atoms with van der Waals surface area (Å²) in [6.45, 7) is 2.29. The molecule has 0 atom stereocenters. The average Bonchev–Trinajstić information content (AvgIpc) is 3.18. The van der Waals surface area contributed by atoms with Crippen molar-refractivity contribution in [1.29, 1.82) is 0 Å². The lowest BCUT2D eigenvalue weighted by atomic mass is 10.1. The first-order chi connectivity index (χ1) is 16.8. The van der Waals surface area contributed by atoms with Crippen LogP contribution in [0.15, 0.2) is 78.5 Å². The second-order valence-electron chi connectivity index (χ2n) is 8.20. The number of carbonyl (C=O) groups is 3. The van der Waals surface area contributed by atoms with Gasteiger partial charge in [0.2, 0.25) is 0 Å². The van der Waals surface area contributed by atoms with Gasteiger partial charge in [-0.05, 0) is 54.5 Å². The molecule has 5 rings (SSSR count). The largest absolute Gasteiger partial charge is 0.342 e. The van der Waals surface area contributed by atoms with Crippen molar-refractivity contribution in [3.05, 3.63) is 105 Å². The molecule has 1 saturated heterocycles. The number of imide groups is 2. The summed E-state index contributed by atoms with van der Waals surface area (Å²) in [4.78, 5) is 39.7. The minimum absolute atomic E-state index is 0.140. The molecule has 6 nitrogen and oxygen atoms in total. The number of barbiturate groups is 1. The van der Waals surface area contributed by atoms with Crippen LogP contribution in [0.4, 0.5) is 10.5 Å². The molecular formula is C27H19Cl2N3O3. The number of hydrogen-bond acceptors (Lipinski definition) is 3. The van der Waals surface area contributed by atoms with Gasteiger partial charge in [-0.15, -0.1) is 0 Å². The van der Waals surface area contributed by atoms with Gasteiger partial charge >= 0.3 is 6.03 Å². The maximum absolute atomic E-state index is 13.4. The highest BCUT2D eigenvalue weighted by atomic mass is 35.5. The summed E-state index contributed by atoms with van der Waals surface area (Å²) >= 11 is 12.2. The van der Waals surface area contributed by atoms with E-state index in [0.29, 0.717) is 33.4 Å². The summed E-state index contributed by atoms with van der Waals surface area (Å²) in [6.07, 6.45) is 3.41. The van der Waals surface area contributed by atoms with E-state index in [9.17, 15) is 14.4 Å². The van der Waals surface area contributed by atoms with Crippen LogP contribution in [0.1, 0.15) is 16.7 Å². The van der Waals surface area contributed by atoms with Crippen molar-refractivity contribution < 1.29 is 14.4 Å². The monoisotopic (exact) mass is 503 g/mol. The summed E-state index contributed by atoms with van der Waals surface area (Å²) in [5, 5.41) is 4.22. The Hall–Kier alpha value is -3.87. The zero-order valence-corrected chi connectivity index (χ0v) is 20.1. The molecule has 8 heteroatoms. The number of rotatable bonds is 4. The zero-order valence-electron chi connectivity index (χ0n) is 18.6. The van der Waals surface area contributed by atoms with Gasteiger partial charge in [-0.3, -0.25) is 14.9 Å². The van der Waals surface area contributed by atoms with Crippen LogP contribution >= 0.6 is 23.2 Å². The van der Waals surface area contributed by atoms with E-state index < -0.39 is 17.8 Å². The normalized spacial score (nSPS) is 15.2. The van der Waals surface area contributed by atoms with Gasteiger partial charge in [0.15, 0.2) is 0 Å². The quantitative estimate of drug-likeness (QED) is 0.275. The van der Waals surface area contributed by atoms with E-state index in [1.807, 2.05) is 59.3 Å². The average molecular weight is 504 g/mol. The number of halogens is 2. The van der Waals surface area contributed by atoms with Crippen LogP contribution in [0.5, 0.6) is 0 Å². The number of amides is 4. The van der Waals surface area contributed by atoms with Crippen molar-refractivity contribution in [2.75, 3.05) is 4.90 Å². The van der Waals surface area contributed by atoms with E-state index in [1.165, 1.54) is 6.08 Å². The summed E-state index contributed by atoms with van der Waals surface area (Å²) in [6, 6.07) is 19.4. The van der Waals surface area contributed by atoms with Gasteiger partial charge in [0, 0.05) is 39.3 Å². The summed E-state index contributed by atoms with van der Waals surface area (Å²) in [7, 11) is 0. The highest BCUT2D eigenvalue weighted by Crippen LogP contribution is 2.31. The number of nitrogens with one attached hydrogen (secondary N) is 1. The third-order valence-corrected chi connectivity index (χ3v) is 6.63. The molecule has 0 spiro atoms. The van der Waals surface area contributed by atoms with E-state index in [0.717, 1.165) is 21.4 Å². The number of fused-ring (bicyclic) bond motifs is 1. The Bertz CT molecular complexity index is 1540. The molecule has 0 radical (unpaired) electrons.